The highest BCUT2D eigenvalue weighted by molar-refractivity contribution is 6.42. The standard InChI is InChI=1S/C12H7Cl3N2O4/c1-20-9-3-2-6(17(18)19)4-10(9)21-12-8(14)5-7(13)11(15)16-12/h2-5H,1H3. The third-order valence-electron chi connectivity index (χ3n) is 2.42. The molecule has 0 bridgehead atoms. The molecule has 1 heterocycles. The van der Waals surface area contributed by atoms with Crippen LogP contribution in [0.1, 0.15) is 0 Å². The number of nitro benzene ring substituents is 1. The van der Waals surface area contributed by atoms with E-state index in [0.29, 0.717) is 0 Å². The number of pyridine rings is 1. The molecule has 0 amide bonds. The monoisotopic (exact) mass is 348 g/mol. The predicted octanol–water partition coefficient (Wildman–Crippen LogP) is 4.75. The van der Waals surface area contributed by atoms with Crippen LogP contribution in [0.15, 0.2) is 24.3 Å². The Balaban J connectivity index is 2.45. The summed E-state index contributed by atoms with van der Waals surface area (Å²) in [5, 5.41) is 11.1. The number of methoxy groups -OCH3 is 1. The Kier molecular flexibility index (Phi) is 4.72. The lowest BCUT2D eigenvalue weighted by molar-refractivity contribution is -0.384. The Bertz CT molecular complexity index is 709. The van der Waals surface area contributed by atoms with Gasteiger partial charge < -0.3 is 9.47 Å². The maximum absolute atomic E-state index is 10.8. The molecule has 0 fully saturated rings. The summed E-state index contributed by atoms with van der Waals surface area (Å²) in [7, 11) is 1.40. The van der Waals surface area contributed by atoms with Gasteiger partial charge in [0, 0.05) is 6.07 Å². The predicted molar refractivity (Wildman–Crippen MR) is 79.0 cm³/mol. The number of halogens is 3. The van der Waals surface area contributed by atoms with Crippen molar-refractivity contribution in [2.24, 2.45) is 0 Å². The summed E-state index contributed by atoms with van der Waals surface area (Å²) in [6.45, 7) is 0. The number of nitrogens with zero attached hydrogens (tertiary/aromatic N) is 2. The number of hydrogen-bond donors (Lipinski definition) is 0. The fourth-order valence-electron chi connectivity index (χ4n) is 1.46. The molecule has 6 nitrogen and oxygen atoms in total. The van der Waals surface area contributed by atoms with Gasteiger partial charge in [0.2, 0.25) is 5.88 Å². The van der Waals surface area contributed by atoms with E-state index < -0.39 is 4.92 Å². The van der Waals surface area contributed by atoms with E-state index in [9.17, 15) is 10.1 Å². The maximum Gasteiger partial charge on any atom is 0.273 e. The van der Waals surface area contributed by atoms with E-state index in [4.69, 9.17) is 44.3 Å². The molecule has 0 atom stereocenters. The highest BCUT2D eigenvalue weighted by atomic mass is 35.5. The number of nitro groups is 1. The molecular formula is C12H7Cl3N2O4. The molecule has 0 aliphatic carbocycles. The number of aromatic nitrogens is 1. The van der Waals surface area contributed by atoms with Gasteiger partial charge in [-0.05, 0) is 12.1 Å². The minimum absolute atomic E-state index is 0.000430. The molecule has 0 N–H and O–H groups in total. The van der Waals surface area contributed by atoms with E-state index in [2.05, 4.69) is 4.98 Å². The molecule has 0 aliphatic rings. The van der Waals surface area contributed by atoms with E-state index in [-0.39, 0.29) is 38.3 Å². The Labute approximate surface area is 134 Å². The number of hydrogen-bond acceptors (Lipinski definition) is 5. The maximum atomic E-state index is 10.8. The molecule has 1 aromatic carbocycles. The van der Waals surface area contributed by atoms with E-state index in [1.165, 1.54) is 31.4 Å². The van der Waals surface area contributed by atoms with Crippen LogP contribution in [-0.2, 0) is 0 Å². The first kappa shape index (κ1) is 15.6. The van der Waals surface area contributed by atoms with Crippen molar-refractivity contribution in [3.63, 3.8) is 0 Å². The van der Waals surface area contributed by atoms with Gasteiger partial charge in [-0.15, -0.1) is 0 Å². The first-order valence-electron chi connectivity index (χ1n) is 5.44. The fourth-order valence-corrected chi connectivity index (χ4v) is 1.99. The van der Waals surface area contributed by atoms with Crippen molar-refractivity contribution >= 4 is 40.5 Å². The average Bonchev–Trinajstić information content (AvgIpc) is 2.44. The quantitative estimate of drug-likeness (QED) is 0.452. The summed E-state index contributed by atoms with van der Waals surface area (Å²) >= 11 is 17.5. The van der Waals surface area contributed by atoms with E-state index in [1.54, 1.807) is 0 Å². The molecule has 9 heteroatoms. The van der Waals surface area contributed by atoms with Crippen LogP contribution < -0.4 is 9.47 Å². The molecule has 21 heavy (non-hydrogen) atoms. The van der Waals surface area contributed by atoms with Gasteiger partial charge in [0.15, 0.2) is 16.7 Å². The number of rotatable bonds is 4. The second kappa shape index (κ2) is 6.34. The molecule has 0 saturated heterocycles. The minimum Gasteiger partial charge on any atom is -0.493 e. The van der Waals surface area contributed by atoms with Crippen molar-refractivity contribution in [1.29, 1.82) is 0 Å². The number of non-ortho nitro benzene ring substituents is 1. The van der Waals surface area contributed by atoms with E-state index in [1.807, 2.05) is 0 Å². The second-order valence-corrected chi connectivity index (χ2v) is 4.91. The van der Waals surface area contributed by atoms with Crippen molar-refractivity contribution in [3.05, 3.63) is 49.6 Å². The molecular weight excluding hydrogens is 343 g/mol. The van der Waals surface area contributed by atoms with E-state index in [0.717, 1.165) is 0 Å². The third kappa shape index (κ3) is 3.47. The van der Waals surface area contributed by atoms with Crippen LogP contribution in [0.25, 0.3) is 0 Å². The Morgan fingerprint density at radius 2 is 1.86 bits per heavy atom. The summed E-state index contributed by atoms with van der Waals surface area (Å²) < 4.78 is 10.5. The molecule has 0 spiro atoms. The van der Waals surface area contributed by atoms with Crippen LogP contribution in [0.3, 0.4) is 0 Å². The normalized spacial score (nSPS) is 10.3. The number of ether oxygens (including phenoxy) is 2. The van der Waals surface area contributed by atoms with Gasteiger partial charge >= 0.3 is 0 Å². The third-order valence-corrected chi connectivity index (χ3v) is 3.36. The molecule has 0 radical (unpaired) electrons. The van der Waals surface area contributed by atoms with Gasteiger partial charge in [-0.1, -0.05) is 34.8 Å². The first-order valence-corrected chi connectivity index (χ1v) is 6.57. The molecule has 2 rings (SSSR count). The Hall–Kier alpha value is -1.76. The zero-order valence-corrected chi connectivity index (χ0v) is 12.7. The average molecular weight is 350 g/mol. The fraction of sp³-hybridized carbons (Fsp3) is 0.0833. The van der Waals surface area contributed by atoms with Crippen molar-refractivity contribution in [3.8, 4) is 17.4 Å². The van der Waals surface area contributed by atoms with E-state index >= 15 is 0 Å². The molecule has 2 aromatic rings. The minimum atomic E-state index is -0.559. The molecule has 1 aromatic heterocycles. The summed E-state index contributed by atoms with van der Waals surface area (Å²) in [6, 6.07) is 5.24. The van der Waals surface area contributed by atoms with Crippen LogP contribution in [0, 0.1) is 10.1 Å². The Morgan fingerprint density at radius 1 is 1.14 bits per heavy atom. The summed E-state index contributed by atoms with van der Waals surface area (Å²) in [5.74, 6) is 0.328. The van der Waals surface area contributed by atoms with Crippen molar-refractivity contribution in [2.45, 2.75) is 0 Å². The number of benzene rings is 1. The summed E-state index contributed by atoms with van der Waals surface area (Å²) in [6.07, 6.45) is 0. The first-order chi connectivity index (χ1) is 9.92. The lowest BCUT2D eigenvalue weighted by atomic mass is 10.3. The van der Waals surface area contributed by atoms with Crippen LogP contribution in [0.4, 0.5) is 5.69 Å². The summed E-state index contributed by atoms with van der Waals surface area (Å²) in [4.78, 5) is 14.1. The van der Waals surface area contributed by atoms with Crippen molar-refractivity contribution in [1.82, 2.24) is 4.98 Å². The highest BCUT2D eigenvalue weighted by Crippen LogP contribution is 2.38. The highest BCUT2D eigenvalue weighted by Gasteiger charge is 2.16. The van der Waals surface area contributed by atoms with Gasteiger partial charge in [0.25, 0.3) is 5.69 Å². The summed E-state index contributed by atoms with van der Waals surface area (Å²) in [5.41, 5.74) is -0.165. The largest absolute Gasteiger partial charge is 0.493 e. The lowest BCUT2D eigenvalue weighted by Gasteiger charge is -2.11. The van der Waals surface area contributed by atoms with Gasteiger partial charge in [-0.2, -0.15) is 4.98 Å². The second-order valence-electron chi connectivity index (χ2n) is 3.74. The van der Waals surface area contributed by atoms with Crippen LogP contribution in [0.2, 0.25) is 15.2 Å². The lowest BCUT2D eigenvalue weighted by Crippen LogP contribution is -1.95. The van der Waals surface area contributed by atoms with Gasteiger partial charge in [-0.3, -0.25) is 10.1 Å². The van der Waals surface area contributed by atoms with Crippen LogP contribution >= 0.6 is 34.8 Å². The Morgan fingerprint density at radius 3 is 2.48 bits per heavy atom. The van der Waals surface area contributed by atoms with Crippen molar-refractivity contribution < 1.29 is 14.4 Å². The SMILES string of the molecule is COc1ccc([N+](=O)[O-])cc1Oc1nc(Cl)c(Cl)cc1Cl. The molecule has 0 saturated carbocycles. The van der Waals surface area contributed by atoms with Crippen LogP contribution in [0.5, 0.6) is 17.4 Å². The van der Waals surface area contributed by atoms with Crippen molar-refractivity contribution in [2.75, 3.05) is 7.11 Å². The zero-order valence-electron chi connectivity index (χ0n) is 10.5. The van der Waals surface area contributed by atoms with Gasteiger partial charge in [0.1, 0.15) is 5.02 Å². The topological polar surface area (TPSA) is 74.5 Å². The zero-order chi connectivity index (χ0) is 15.6. The molecule has 110 valence electrons. The van der Waals surface area contributed by atoms with Gasteiger partial charge in [0.05, 0.1) is 23.1 Å². The molecule has 0 unspecified atom stereocenters. The van der Waals surface area contributed by atoms with Gasteiger partial charge in [-0.25, -0.2) is 0 Å². The molecule has 0 aliphatic heterocycles. The smallest absolute Gasteiger partial charge is 0.273 e. The van der Waals surface area contributed by atoms with Crippen LogP contribution in [-0.4, -0.2) is 17.0 Å².